The lowest BCUT2D eigenvalue weighted by molar-refractivity contribution is 0.0833. The maximum Gasteiger partial charge on any atom is 0.0901 e. The van der Waals surface area contributed by atoms with Crippen molar-refractivity contribution in [2.24, 2.45) is 5.73 Å². The topological polar surface area (TPSA) is 46.2 Å². The summed E-state index contributed by atoms with van der Waals surface area (Å²) in [4.78, 5) is 0. The molecule has 0 aromatic heterocycles. The van der Waals surface area contributed by atoms with E-state index in [-0.39, 0.29) is 5.41 Å². The number of aliphatic hydroxyl groups is 1. The van der Waals surface area contributed by atoms with Gasteiger partial charge in [-0.15, -0.1) is 0 Å². The molecule has 0 heterocycles. The third kappa shape index (κ3) is 2.19. The Bertz CT molecular complexity index is 637. The predicted octanol–water partition coefficient (Wildman–Crippen LogP) is 3.13. The minimum Gasteiger partial charge on any atom is -0.387 e. The highest BCUT2D eigenvalue weighted by atomic mass is 16.3. The van der Waals surface area contributed by atoms with Crippen LogP contribution < -0.4 is 5.73 Å². The summed E-state index contributed by atoms with van der Waals surface area (Å²) >= 11 is 0. The molecule has 110 valence electrons. The number of hydrogen-bond donors (Lipinski definition) is 2. The van der Waals surface area contributed by atoms with E-state index in [2.05, 4.69) is 31.2 Å². The molecule has 1 aliphatic rings. The first-order chi connectivity index (χ1) is 10.2. The highest BCUT2D eigenvalue weighted by Gasteiger charge is 2.44. The maximum absolute atomic E-state index is 11.1. The highest BCUT2D eigenvalue weighted by molar-refractivity contribution is 5.44. The first-order valence-corrected chi connectivity index (χ1v) is 7.77. The van der Waals surface area contributed by atoms with Gasteiger partial charge in [-0.3, -0.25) is 0 Å². The first kappa shape index (κ1) is 14.3. The second kappa shape index (κ2) is 5.63. The van der Waals surface area contributed by atoms with E-state index in [0.29, 0.717) is 6.54 Å². The highest BCUT2D eigenvalue weighted by Crippen LogP contribution is 2.47. The molecule has 3 rings (SSSR count). The van der Waals surface area contributed by atoms with Crippen molar-refractivity contribution in [1.82, 2.24) is 0 Å². The van der Waals surface area contributed by atoms with Crippen LogP contribution in [0, 0.1) is 0 Å². The molecule has 0 spiro atoms. The molecule has 0 fully saturated rings. The monoisotopic (exact) mass is 281 g/mol. The van der Waals surface area contributed by atoms with Crippen LogP contribution >= 0.6 is 0 Å². The van der Waals surface area contributed by atoms with Gasteiger partial charge < -0.3 is 10.8 Å². The number of hydrogen-bond acceptors (Lipinski definition) is 2. The molecule has 0 aliphatic heterocycles. The summed E-state index contributed by atoms with van der Waals surface area (Å²) in [5.74, 6) is 0. The van der Waals surface area contributed by atoms with Crippen molar-refractivity contribution in [1.29, 1.82) is 0 Å². The third-order valence-electron chi connectivity index (χ3n) is 5.01. The fraction of sp³-hybridized carbons (Fsp3) is 0.368. The molecule has 2 unspecified atom stereocenters. The van der Waals surface area contributed by atoms with Crippen LogP contribution in [-0.4, -0.2) is 11.7 Å². The zero-order chi connectivity index (χ0) is 14.9. The Morgan fingerprint density at radius 2 is 1.86 bits per heavy atom. The van der Waals surface area contributed by atoms with Crippen LogP contribution in [0.5, 0.6) is 0 Å². The Kier molecular flexibility index (Phi) is 3.83. The maximum atomic E-state index is 11.1. The van der Waals surface area contributed by atoms with E-state index in [0.717, 1.165) is 24.8 Å². The molecule has 2 nitrogen and oxygen atoms in total. The molecule has 1 aliphatic carbocycles. The van der Waals surface area contributed by atoms with Gasteiger partial charge in [0, 0.05) is 12.0 Å². The number of aryl methyl sites for hydroxylation is 2. The standard InChI is InChI=1S/C19H23NO/c1-2-14-7-3-5-9-16(14)18(21)19(13-20)12-11-15-8-4-6-10-17(15)19/h3-10,18,21H,2,11-13,20H2,1H3. The van der Waals surface area contributed by atoms with Crippen molar-refractivity contribution in [3.63, 3.8) is 0 Å². The van der Waals surface area contributed by atoms with Gasteiger partial charge in [-0.25, -0.2) is 0 Å². The summed E-state index contributed by atoms with van der Waals surface area (Å²) in [5, 5.41) is 11.1. The lowest BCUT2D eigenvalue weighted by Gasteiger charge is -2.35. The number of benzene rings is 2. The molecular formula is C19H23NO. The van der Waals surface area contributed by atoms with Gasteiger partial charge in [-0.2, -0.15) is 0 Å². The Morgan fingerprint density at radius 1 is 1.14 bits per heavy atom. The second-order valence-electron chi connectivity index (χ2n) is 5.97. The van der Waals surface area contributed by atoms with E-state index in [4.69, 9.17) is 5.73 Å². The third-order valence-corrected chi connectivity index (χ3v) is 5.01. The summed E-state index contributed by atoms with van der Waals surface area (Å²) in [5.41, 5.74) is 10.6. The van der Waals surface area contributed by atoms with Gasteiger partial charge in [-0.05, 0) is 41.5 Å². The average molecular weight is 281 g/mol. The minimum atomic E-state index is -0.540. The number of aliphatic hydroxyl groups excluding tert-OH is 1. The van der Waals surface area contributed by atoms with Crippen LogP contribution in [-0.2, 0) is 18.3 Å². The molecule has 2 heteroatoms. The molecule has 0 saturated heterocycles. The Morgan fingerprint density at radius 3 is 2.62 bits per heavy atom. The van der Waals surface area contributed by atoms with E-state index >= 15 is 0 Å². The first-order valence-electron chi connectivity index (χ1n) is 7.77. The minimum absolute atomic E-state index is 0.345. The van der Waals surface area contributed by atoms with Gasteiger partial charge in [0.05, 0.1) is 6.10 Å². The van der Waals surface area contributed by atoms with Crippen molar-refractivity contribution in [2.75, 3.05) is 6.54 Å². The summed E-state index contributed by atoms with van der Waals surface area (Å²) in [6.45, 7) is 2.60. The fourth-order valence-corrected chi connectivity index (χ4v) is 3.74. The van der Waals surface area contributed by atoms with Crippen molar-refractivity contribution in [2.45, 2.75) is 37.7 Å². The molecule has 0 saturated carbocycles. The summed E-state index contributed by atoms with van der Waals surface area (Å²) in [7, 11) is 0. The number of fused-ring (bicyclic) bond motifs is 1. The van der Waals surface area contributed by atoms with Crippen molar-refractivity contribution < 1.29 is 5.11 Å². The molecular weight excluding hydrogens is 258 g/mol. The lowest BCUT2D eigenvalue weighted by atomic mass is 9.73. The molecule has 0 radical (unpaired) electrons. The molecule has 0 amide bonds. The SMILES string of the molecule is CCc1ccccc1C(O)C1(CN)CCc2ccccc21. The molecule has 2 aromatic carbocycles. The largest absolute Gasteiger partial charge is 0.387 e. The Hall–Kier alpha value is -1.64. The van der Waals surface area contributed by atoms with E-state index in [1.807, 2.05) is 24.3 Å². The molecule has 21 heavy (non-hydrogen) atoms. The smallest absolute Gasteiger partial charge is 0.0901 e. The van der Waals surface area contributed by atoms with Crippen LogP contribution in [0.2, 0.25) is 0 Å². The molecule has 3 N–H and O–H groups in total. The zero-order valence-electron chi connectivity index (χ0n) is 12.5. The predicted molar refractivity (Wildman–Crippen MR) is 86.3 cm³/mol. The van der Waals surface area contributed by atoms with Crippen LogP contribution in [0.1, 0.15) is 41.7 Å². The fourth-order valence-electron chi connectivity index (χ4n) is 3.74. The summed E-state index contributed by atoms with van der Waals surface area (Å²) < 4.78 is 0. The van der Waals surface area contributed by atoms with E-state index in [9.17, 15) is 5.11 Å². The van der Waals surface area contributed by atoms with Gasteiger partial charge in [0.25, 0.3) is 0 Å². The van der Waals surface area contributed by atoms with E-state index < -0.39 is 6.10 Å². The summed E-state index contributed by atoms with van der Waals surface area (Å²) in [6, 6.07) is 16.6. The van der Waals surface area contributed by atoms with Crippen molar-refractivity contribution in [3.05, 3.63) is 70.8 Å². The van der Waals surface area contributed by atoms with E-state index in [1.165, 1.54) is 16.7 Å². The summed E-state index contributed by atoms with van der Waals surface area (Å²) in [6.07, 6.45) is 2.30. The second-order valence-corrected chi connectivity index (χ2v) is 5.97. The molecule has 0 bridgehead atoms. The normalized spacial score (nSPS) is 22.0. The van der Waals surface area contributed by atoms with Crippen LogP contribution in [0.25, 0.3) is 0 Å². The van der Waals surface area contributed by atoms with Gasteiger partial charge in [0.15, 0.2) is 0 Å². The van der Waals surface area contributed by atoms with Gasteiger partial charge >= 0.3 is 0 Å². The van der Waals surface area contributed by atoms with Crippen LogP contribution in [0.4, 0.5) is 0 Å². The Labute approximate surface area is 126 Å². The molecule has 2 aromatic rings. The van der Waals surface area contributed by atoms with Crippen LogP contribution in [0.3, 0.4) is 0 Å². The number of nitrogens with two attached hydrogens (primary N) is 1. The van der Waals surface area contributed by atoms with Gasteiger partial charge in [0.2, 0.25) is 0 Å². The quantitative estimate of drug-likeness (QED) is 0.904. The number of rotatable bonds is 4. The van der Waals surface area contributed by atoms with Crippen molar-refractivity contribution in [3.8, 4) is 0 Å². The van der Waals surface area contributed by atoms with Crippen molar-refractivity contribution >= 4 is 0 Å². The van der Waals surface area contributed by atoms with Gasteiger partial charge in [0.1, 0.15) is 0 Å². The van der Waals surface area contributed by atoms with Crippen LogP contribution in [0.15, 0.2) is 48.5 Å². The Balaban J connectivity index is 2.09. The lowest BCUT2D eigenvalue weighted by Crippen LogP contribution is -2.39. The average Bonchev–Trinajstić information content (AvgIpc) is 2.94. The molecule has 2 atom stereocenters. The van der Waals surface area contributed by atoms with E-state index in [1.54, 1.807) is 0 Å². The van der Waals surface area contributed by atoms with Gasteiger partial charge in [-0.1, -0.05) is 55.5 Å². The zero-order valence-corrected chi connectivity index (χ0v) is 12.5.